The molecule has 0 atom stereocenters. The number of carbonyl (C=O) groups excluding carboxylic acids is 3. The number of aryl methyl sites for hydroxylation is 1. The number of piperazine rings is 1. The zero-order valence-corrected chi connectivity index (χ0v) is 26.2. The third-order valence-electron chi connectivity index (χ3n) is 8.06. The summed E-state index contributed by atoms with van der Waals surface area (Å²) < 4.78 is 50.2. The normalized spacial score (nSPS) is 13.4. The maximum absolute atomic E-state index is 13.8. The Morgan fingerprint density at radius 3 is 2.29 bits per heavy atom. The van der Waals surface area contributed by atoms with E-state index in [1.54, 1.807) is 41.4 Å². The Balaban J connectivity index is 1.24. The van der Waals surface area contributed by atoms with E-state index < -0.39 is 18.1 Å². The molecule has 1 amide bonds. The van der Waals surface area contributed by atoms with Crippen LogP contribution in [0.2, 0.25) is 0 Å². The van der Waals surface area contributed by atoms with Gasteiger partial charge in [-0.1, -0.05) is 60.2 Å². The Morgan fingerprint density at radius 2 is 1.58 bits per heavy atom. The fourth-order valence-electron chi connectivity index (χ4n) is 5.65. The molecule has 6 rings (SSSR count). The molecule has 0 radical (unpaired) electrons. The van der Waals surface area contributed by atoms with E-state index in [1.165, 1.54) is 6.07 Å². The lowest BCUT2D eigenvalue weighted by Gasteiger charge is -2.36. The van der Waals surface area contributed by atoms with Gasteiger partial charge in [-0.25, -0.2) is 14.6 Å². The summed E-state index contributed by atoms with van der Waals surface area (Å²) in [5.41, 5.74) is 3.37. The van der Waals surface area contributed by atoms with Gasteiger partial charge in [0.2, 0.25) is 0 Å². The summed E-state index contributed by atoms with van der Waals surface area (Å²) in [7, 11) is 0. The minimum atomic E-state index is -5.31. The Bertz CT molecular complexity index is 2000. The maximum Gasteiger partial charge on any atom is 0.491 e. The van der Waals surface area contributed by atoms with Crippen LogP contribution in [0.15, 0.2) is 91.1 Å². The lowest BCUT2D eigenvalue weighted by Crippen LogP contribution is -2.49. The molecule has 12 heteroatoms. The number of aromatic nitrogens is 2. The van der Waals surface area contributed by atoms with Crippen LogP contribution < -0.4 is 9.64 Å². The van der Waals surface area contributed by atoms with Gasteiger partial charge in [-0.2, -0.15) is 13.2 Å². The molecule has 0 spiro atoms. The van der Waals surface area contributed by atoms with Crippen LogP contribution in [-0.2, 0) is 9.53 Å². The first-order valence-electron chi connectivity index (χ1n) is 15.3. The van der Waals surface area contributed by atoms with Crippen molar-refractivity contribution in [1.82, 2.24) is 14.5 Å². The van der Waals surface area contributed by atoms with E-state index in [-0.39, 0.29) is 17.2 Å². The van der Waals surface area contributed by atoms with Gasteiger partial charge in [-0.05, 0) is 48.9 Å². The summed E-state index contributed by atoms with van der Waals surface area (Å²) in [5, 5.41) is 0.935. The first-order valence-corrected chi connectivity index (χ1v) is 15.3. The van der Waals surface area contributed by atoms with Crippen LogP contribution in [-0.4, -0.2) is 71.3 Å². The van der Waals surface area contributed by atoms with Crippen LogP contribution in [0.1, 0.15) is 33.3 Å². The lowest BCUT2D eigenvalue weighted by atomic mass is 10.0. The minimum absolute atomic E-state index is 0.165. The molecule has 1 fully saturated rings. The molecule has 246 valence electrons. The van der Waals surface area contributed by atoms with Gasteiger partial charge in [0, 0.05) is 49.7 Å². The Morgan fingerprint density at radius 1 is 0.854 bits per heavy atom. The molecule has 9 nitrogen and oxygen atoms in total. The minimum Gasteiger partial charge on any atom is -0.494 e. The molecule has 4 aromatic carbocycles. The highest BCUT2D eigenvalue weighted by Crippen LogP contribution is 2.30. The van der Waals surface area contributed by atoms with Crippen LogP contribution in [0.3, 0.4) is 0 Å². The number of hydrogen-bond donors (Lipinski definition) is 0. The number of esters is 2. The molecular formula is C36H31F3N4O5. The molecule has 5 aromatic rings. The average molecular weight is 657 g/mol. The molecule has 1 aliphatic rings. The Labute approximate surface area is 274 Å². The van der Waals surface area contributed by atoms with E-state index in [0.29, 0.717) is 60.8 Å². The number of imidazole rings is 1. The number of carbonyl (C=O) groups is 3. The van der Waals surface area contributed by atoms with E-state index in [4.69, 9.17) is 9.72 Å². The first kappa shape index (κ1) is 32.3. The number of anilines is 1. The van der Waals surface area contributed by atoms with Gasteiger partial charge in [-0.15, -0.1) is 0 Å². The van der Waals surface area contributed by atoms with E-state index in [0.717, 1.165) is 16.8 Å². The highest BCUT2D eigenvalue weighted by molar-refractivity contribution is 6.09. The second kappa shape index (κ2) is 13.2. The molecule has 1 aromatic heterocycles. The monoisotopic (exact) mass is 656 g/mol. The van der Waals surface area contributed by atoms with Crippen molar-refractivity contribution in [1.29, 1.82) is 0 Å². The number of benzene rings is 4. The van der Waals surface area contributed by atoms with Crippen LogP contribution >= 0.6 is 0 Å². The van der Waals surface area contributed by atoms with Crippen LogP contribution in [0.25, 0.3) is 27.8 Å². The van der Waals surface area contributed by atoms with Crippen molar-refractivity contribution >= 4 is 34.3 Å². The van der Waals surface area contributed by atoms with Crippen molar-refractivity contribution in [2.75, 3.05) is 37.7 Å². The van der Waals surface area contributed by atoms with Crippen LogP contribution in [0, 0.1) is 6.92 Å². The van der Waals surface area contributed by atoms with Gasteiger partial charge in [0.05, 0.1) is 17.9 Å². The van der Waals surface area contributed by atoms with E-state index in [2.05, 4.69) is 4.74 Å². The van der Waals surface area contributed by atoms with E-state index in [1.807, 2.05) is 71.8 Å². The average Bonchev–Trinajstić information content (AvgIpc) is 3.53. The van der Waals surface area contributed by atoms with E-state index >= 15 is 0 Å². The smallest absolute Gasteiger partial charge is 0.491 e. The number of nitrogens with zero attached hydrogens (tertiary/aromatic N) is 4. The molecule has 2 heterocycles. The maximum atomic E-state index is 13.8. The number of ether oxygens (including phenoxy) is 2. The number of rotatable bonds is 7. The van der Waals surface area contributed by atoms with Gasteiger partial charge < -0.3 is 19.3 Å². The summed E-state index contributed by atoms with van der Waals surface area (Å²) in [6.45, 7) is 5.82. The Kier molecular flexibility index (Phi) is 8.90. The van der Waals surface area contributed by atoms with Crippen molar-refractivity contribution < 1.29 is 37.0 Å². The highest BCUT2D eigenvalue weighted by Gasteiger charge is 2.43. The SMILES string of the molecule is CCOc1cccc(-n2cc(C(=O)N3CCN(c4cc(C(=O)OC(=O)C(F)(F)F)c5ccccc5c4)CC3)nc2-c2ccc(C)cc2)c1. The molecule has 48 heavy (non-hydrogen) atoms. The zero-order chi connectivity index (χ0) is 34.0. The number of fused-ring (bicyclic) bond motifs is 1. The molecule has 0 bridgehead atoms. The summed E-state index contributed by atoms with van der Waals surface area (Å²) in [5.74, 6) is -2.93. The second-order valence-corrected chi connectivity index (χ2v) is 11.3. The zero-order valence-electron chi connectivity index (χ0n) is 26.2. The molecule has 0 aliphatic carbocycles. The molecule has 0 unspecified atom stereocenters. The fourth-order valence-corrected chi connectivity index (χ4v) is 5.65. The van der Waals surface area contributed by atoms with Gasteiger partial charge >= 0.3 is 18.1 Å². The quantitative estimate of drug-likeness (QED) is 0.144. The number of halogens is 3. The van der Waals surface area contributed by atoms with Crippen molar-refractivity contribution in [2.45, 2.75) is 20.0 Å². The van der Waals surface area contributed by atoms with Crippen molar-refractivity contribution in [3.63, 3.8) is 0 Å². The van der Waals surface area contributed by atoms with Crippen molar-refractivity contribution in [2.24, 2.45) is 0 Å². The molecule has 0 saturated carbocycles. The topological polar surface area (TPSA) is 94.0 Å². The standard InChI is InChI=1S/C36H31F3N4O5/c1-3-47-28-9-6-8-26(20-28)43-22-31(40-32(43)24-13-11-23(2)12-14-24)33(44)42-17-15-41(16-18-42)27-19-25-7-4-5-10-29(25)30(21-27)34(45)48-35(46)36(37,38)39/h4-14,19-22H,3,15-18H2,1-2H3. The van der Waals surface area contributed by atoms with Crippen LogP contribution in [0.4, 0.5) is 18.9 Å². The third-order valence-corrected chi connectivity index (χ3v) is 8.06. The van der Waals surface area contributed by atoms with Crippen LogP contribution in [0.5, 0.6) is 5.75 Å². The molecule has 0 N–H and O–H groups in total. The summed E-state index contributed by atoms with van der Waals surface area (Å²) in [4.78, 5) is 46.3. The predicted octanol–water partition coefficient (Wildman–Crippen LogP) is 6.61. The molecule has 1 aliphatic heterocycles. The molecular weight excluding hydrogens is 625 g/mol. The lowest BCUT2D eigenvalue weighted by molar-refractivity contribution is -0.193. The van der Waals surface area contributed by atoms with E-state index in [9.17, 15) is 27.6 Å². The first-order chi connectivity index (χ1) is 23.0. The van der Waals surface area contributed by atoms with Gasteiger partial charge in [0.25, 0.3) is 5.91 Å². The highest BCUT2D eigenvalue weighted by atomic mass is 19.4. The predicted molar refractivity (Wildman–Crippen MR) is 173 cm³/mol. The summed E-state index contributed by atoms with van der Waals surface area (Å²) in [6, 6.07) is 25.3. The Hall–Kier alpha value is -5.65. The van der Waals surface area contributed by atoms with Gasteiger partial charge in [-0.3, -0.25) is 9.36 Å². The second-order valence-electron chi connectivity index (χ2n) is 11.3. The largest absolute Gasteiger partial charge is 0.494 e. The summed E-state index contributed by atoms with van der Waals surface area (Å²) in [6.07, 6.45) is -3.59. The van der Waals surface area contributed by atoms with Crippen molar-refractivity contribution in [3.8, 4) is 22.8 Å². The molecule has 1 saturated heterocycles. The third kappa shape index (κ3) is 6.73. The summed E-state index contributed by atoms with van der Waals surface area (Å²) >= 11 is 0. The number of hydrogen-bond acceptors (Lipinski definition) is 7. The fraction of sp³-hybridized carbons (Fsp3) is 0.222. The van der Waals surface area contributed by atoms with Gasteiger partial charge in [0.1, 0.15) is 17.3 Å². The number of amides is 1. The number of alkyl halides is 3. The van der Waals surface area contributed by atoms with Crippen molar-refractivity contribution in [3.05, 3.63) is 108 Å². The van der Waals surface area contributed by atoms with Gasteiger partial charge in [0.15, 0.2) is 0 Å².